The van der Waals surface area contributed by atoms with E-state index in [1.807, 2.05) is 19.1 Å². The Morgan fingerprint density at radius 1 is 1.45 bits per heavy atom. The third-order valence-electron chi connectivity index (χ3n) is 1.40. The number of hydrogen-bond acceptors (Lipinski definition) is 1. The lowest BCUT2D eigenvalue weighted by Gasteiger charge is -1.95. The number of hydrogen-bond donors (Lipinski definition) is 0. The van der Waals surface area contributed by atoms with Crippen LogP contribution in [0, 0.1) is 12.1 Å². The fraction of sp³-hybridized carbons (Fsp3) is 0.200. The van der Waals surface area contributed by atoms with Gasteiger partial charge in [-0.3, -0.25) is 0 Å². The first-order valence-electron chi connectivity index (χ1n) is 3.38. The van der Waals surface area contributed by atoms with Gasteiger partial charge in [-0.2, -0.15) is 0 Å². The molecule has 0 radical (unpaired) electrons. The van der Waals surface area contributed by atoms with E-state index in [1.54, 1.807) is 7.11 Å². The Morgan fingerprint density at radius 3 is 2.55 bits per heavy atom. The fourth-order valence-electron chi connectivity index (χ4n) is 0.739. The molecule has 0 saturated carbocycles. The third kappa shape index (κ3) is 1.75. The smallest absolute Gasteiger partial charge is 0.169 e. The number of rotatable bonds is 2. The Hall–Kier alpha value is -1.42. The van der Waals surface area contributed by atoms with Crippen LogP contribution < -0.4 is 4.74 Å². The topological polar surface area (TPSA) is 9.23 Å². The van der Waals surface area contributed by atoms with Gasteiger partial charge < -0.3 is 4.74 Å². The molecular formula is C10H10O. The van der Waals surface area contributed by atoms with Crippen molar-refractivity contribution in [2.75, 3.05) is 7.11 Å². The van der Waals surface area contributed by atoms with Crippen molar-refractivity contribution in [1.82, 2.24) is 0 Å². The van der Waals surface area contributed by atoms with Crippen LogP contribution in [0.3, 0.4) is 0 Å². The maximum absolute atomic E-state index is 4.93. The van der Waals surface area contributed by atoms with Gasteiger partial charge in [0.15, 0.2) is 5.75 Å². The van der Waals surface area contributed by atoms with Crippen LogP contribution in [0.1, 0.15) is 12.5 Å². The summed E-state index contributed by atoms with van der Waals surface area (Å²) in [7, 11) is 1.61. The van der Waals surface area contributed by atoms with Crippen LogP contribution in [-0.4, -0.2) is 7.11 Å². The van der Waals surface area contributed by atoms with Crippen molar-refractivity contribution in [3.8, 4) is 5.75 Å². The predicted molar refractivity (Wildman–Crippen MR) is 45.4 cm³/mol. The zero-order valence-corrected chi connectivity index (χ0v) is 6.77. The quantitative estimate of drug-likeness (QED) is 0.622. The molecule has 0 fully saturated rings. The molecule has 0 heterocycles. The molecule has 0 aliphatic rings. The summed E-state index contributed by atoms with van der Waals surface area (Å²) in [6, 6.07) is 9.56. The second kappa shape index (κ2) is 3.12. The minimum absolute atomic E-state index is 0.704. The molecular weight excluding hydrogens is 136 g/mol. The molecule has 1 aromatic carbocycles. The van der Waals surface area contributed by atoms with E-state index in [9.17, 15) is 0 Å². The van der Waals surface area contributed by atoms with E-state index in [-0.39, 0.29) is 0 Å². The first-order chi connectivity index (χ1) is 5.24. The average Bonchev–Trinajstić information content (AvgIpc) is 2.05. The Bertz CT molecular complexity index is 246. The molecule has 0 saturated heterocycles. The van der Waals surface area contributed by atoms with Gasteiger partial charge in [0.25, 0.3) is 0 Å². The Balaban J connectivity index is 2.91. The minimum Gasteiger partial charge on any atom is -0.489 e. The van der Waals surface area contributed by atoms with Crippen LogP contribution >= 0.6 is 0 Å². The highest BCUT2D eigenvalue weighted by atomic mass is 16.5. The summed E-state index contributed by atoms with van der Waals surface area (Å²) in [6.07, 6.45) is 0. The molecule has 11 heavy (non-hydrogen) atoms. The molecule has 1 heteroatoms. The number of methoxy groups -OCH3 is 1. The Labute approximate surface area is 67.3 Å². The van der Waals surface area contributed by atoms with Gasteiger partial charge in [-0.1, -0.05) is 12.6 Å². The van der Waals surface area contributed by atoms with E-state index >= 15 is 0 Å². The van der Waals surface area contributed by atoms with Crippen LogP contribution in [-0.2, 0) is 0 Å². The van der Waals surface area contributed by atoms with Gasteiger partial charge in [-0.05, 0) is 30.7 Å². The molecule has 1 aromatic rings. The molecule has 0 aromatic heterocycles. The second-order valence-corrected chi connectivity index (χ2v) is 2.35. The summed E-state index contributed by atoms with van der Waals surface area (Å²) in [4.78, 5) is 0. The third-order valence-corrected chi connectivity index (χ3v) is 1.40. The van der Waals surface area contributed by atoms with E-state index in [4.69, 9.17) is 4.74 Å². The SMILES string of the molecule is C=C(C)c1c#cc(OC)cc1. The molecule has 0 atom stereocenters. The molecule has 0 spiro atoms. The van der Waals surface area contributed by atoms with Gasteiger partial charge in [-0.15, -0.1) is 0 Å². The zero-order valence-electron chi connectivity index (χ0n) is 6.77. The fourth-order valence-corrected chi connectivity index (χ4v) is 0.739. The van der Waals surface area contributed by atoms with Crippen LogP contribution in [0.15, 0.2) is 18.7 Å². The zero-order chi connectivity index (χ0) is 8.27. The van der Waals surface area contributed by atoms with Crippen molar-refractivity contribution in [3.63, 3.8) is 0 Å². The predicted octanol–water partition coefficient (Wildman–Crippen LogP) is 2.33. The molecule has 0 unspecified atom stereocenters. The van der Waals surface area contributed by atoms with Gasteiger partial charge in [0.2, 0.25) is 0 Å². The van der Waals surface area contributed by atoms with E-state index in [1.165, 1.54) is 0 Å². The first kappa shape index (κ1) is 7.68. The summed E-state index contributed by atoms with van der Waals surface area (Å²) in [5.41, 5.74) is 1.97. The maximum atomic E-state index is 4.93. The molecule has 1 nitrogen and oxygen atoms in total. The van der Waals surface area contributed by atoms with Crippen molar-refractivity contribution < 1.29 is 4.74 Å². The number of ether oxygens (including phenoxy) is 1. The van der Waals surface area contributed by atoms with Crippen molar-refractivity contribution in [2.24, 2.45) is 0 Å². The highest BCUT2D eigenvalue weighted by Crippen LogP contribution is 2.11. The van der Waals surface area contributed by atoms with Gasteiger partial charge >= 0.3 is 0 Å². The lowest BCUT2D eigenvalue weighted by molar-refractivity contribution is 0.415. The molecule has 56 valence electrons. The summed E-state index contributed by atoms with van der Waals surface area (Å²) < 4.78 is 4.93. The van der Waals surface area contributed by atoms with E-state index < -0.39 is 0 Å². The first-order valence-corrected chi connectivity index (χ1v) is 3.38. The normalized spacial score (nSPS) is 8.55. The maximum Gasteiger partial charge on any atom is 0.169 e. The van der Waals surface area contributed by atoms with E-state index in [2.05, 4.69) is 18.7 Å². The Kier molecular flexibility index (Phi) is 2.18. The molecule has 0 aliphatic carbocycles. The summed E-state index contributed by atoms with van der Waals surface area (Å²) in [5, 5.41) is 0. The van der Waals surface area contributed by atoms with Gasteiger partial charge in [0, 0.05) is 5.56 Å². The van der Waals surface area contributed by atoms with Gasteiger partial charge in [-0.25, -0.2) is 0 Å². The van der Waals surface area contributed by atoms with E-state index in [0.717, 1.165) is 11.1 Å². The summed E-state index contributed by atoms with van der Waals surface area (Å²) in [6.45, 7) is 5.73. The minimum atomic E-state index is 0.704. The van der Waals surface area contributed by atoms with Crippen LogP contribution in [0.5, 0.6) is 5.75 Å². The largest absolute Gasteiger partial charge is 0.489 e. The number of allylic oxidation sites excluding steroid dienone is 1. The molecule has 0 amide bonds. The van der Waals surface area contributed by atoms with E-state index in [0.29, 0.717) is 5.75 Å². The van der Waals surface area contributed by atoms with Crippen LogP contribution in [0.25, 0.3) is 5.57 Å². The van der Waals surface area contributed by atoms with Crippen molar-refractivity contribution >= 4 is 5.57 Å². The molecule has 0 aliphatic heterocycles. The molecule has 0 N–H and O–H groups in total. The lowest BCUT2D eigenvalue weighted by atomic mass is 10.1. The van der Waals surface area contributed by atoms with Crippen LogP contribution in [0.2, 0.25) is 0 Å². The van der Waals surface area contributed by atoms with Gasteiger partial charge in [0.1, 0.15) is 0 Å². The van der Waals surface area contributed by atoms with Crippen molar-refractivity contribution in [1.29, 1.82) is 0 Å². The highest BCUT2D eigenvalue weighted by Gasteiger charge is 1.90. The summed E-state index contributed by atoms with van der Waals surface area (Å²) >= 11 is 0. The lowest BCUT2D eigenvalue weighted by Crippen LogP contribution is -1.80. The molecule has 0 bridgehead atoms. The second-order valence-electron chi connectivity index (χ2n) is 2.35. The van der Waals surface area contributed by atoms with Gasteiger partial charge in [0.05, 0.1) is 7.11 Å². The van der Waals surface area contributed by atoms with Crippen molar-refractivity contribution in [3.05, 3.63) is 36.4 Å². The summed E-state index contributed by atoms with van der Waals surface area (Å²) in [5.74, 6) is 0.704. The van der Waals surface area contributed by atoms with Crippen LogP contribution in [0.4, 0.5) is 0 Å². The highest BCUT2D eigenvalue weighted by molar-refractivity contribution is 5.59. The van der Waals surface area contributed by atoms with Crippen molar-refractivity contribution in [2.45, 2.75) is 6.92 Å². The average molecular weight is 146 g/mol. The molecule has 1 rings (SSSR count). The monoisotopic (exact) mass is 146 g/mol. The Morgan fingerprint density at radius 2 is 2.18 bits per heavy atom. The standard InChI is InChI=1S/C10H10O/c1-8(2)9-4-6-10(11-3)7-5-9/h4,6H,1H2,2-3H3.